The molecule has 32 heavy (non-hydrogen) atoms. The molecule has 0 radical (unpaired) electrons. The van der Waals surface area contributed by atoms with Gasteiger partial charge in [0.1, 0.15) is 5.75 Å². The molecule has 1 aliphatic rings. The minimum atomic E-state index is -0.701. The predicted molar refractivity (Wildman–Crippen MR) is 117 cm³/mol. The summed E-state index contributed by atoms with van der Waals surface area (Å²) < 4.78 is 10.6. The third-order valence-electron chi connectivity index (χ3n) is 5.09. The van der Waals surface area contributed by atoms with Crippen LogP contribution >= 0.6 is 0 Å². The van der Waals surface area contributed by atoms with Crippen molar-refractivity contribution >= 4 is 29.3 Å². The summed E-state index contributed by atoms with van der Waals surface area (Å²) in [4.78, 5) is 50.2. The van der Waals surface area contributed by atoms with Crippen LogP contribution in [-0.4, -0.2) is 48.9 Å². The topological polar surface area (TPSA) is 102 Å². The third kappa shape index (κ3) is 5.94. The van der Waals surface area contributed by atoms with Gasteiger partial charge in [-0.2, -0.15) is 0 Å². The monoisotopic (exact) mass is 438 g/mol. The Hall–Kier alpha value is -3.68. The smallest absolute Gasteiger partial charge is 0.308 e. The van der Waals surface area contributed by atoms with Crippen molar-refractivity contribution in [2.45, 2.75) is 38.8 Å². The molecule has 168 valence electrons. The number of esters is 1. The maximum Gasteiger partial charge on any atom is 0.308 e. The number of rotatable bonds is 9. The van der Waals surface area contributed by atoms with E-state index >= 15 is 0 Å². The van der Waals surface area contributed by atoms with Gasteiger partial charge in [-0.25, -0.2) is 0 Å². The highest BCUT2D eigenvalue weighted by atomic mass is 16.5. The molecule has 8 heteroatoms. The highest BCUT2D eigenvalue weighted by Gasteiger charge is 2.31. The van der Waals surface area contributed by atoms with Gasteiger partial charge in [0.05, 0.1) is 18.2 Å². The normalized spacial score (nSPS) is 15.9. The lowest BCUT2D eigenvalue weighted by Gasteiger charge is -2.32. The van der Waals surface area contributed by atoms with Gasteiger partial charge in [-0.3, -0.25) is 19.2 Å². The van der Waals surface area contributed by atoms with Crippen LogP contribution in [0.25, 0.3) is 0 Å². The molecule has 2 aromatic rings. The number of para-hydroxylation sites is 2. The van der Waals surface area contributed by atoms with Gasteiger partial charge in [-0.1, -0.05) is 42.5 Å². The van der Waals surface area contributed by atoms with Gasteiger partial charge < -0.3 is 19.7 Å². The summed E-state index contributed by atoms with van der Waals surface area (Å²) in [5, 5.41) is 2.60. The summed E-state index contributed by atoms with van der Waals surface area (Å²) in [6, 6.07) is 15.7. The maximum absolute atomic E-state index is 12.5. The fourth-order valence-electron chi connectivity index (χ4n) is 3.39. The van der Waals surface area contributed by atoms with Crippen molar-refractivity contribution in [1.82, 2.24) is 5.32 Å². The highest BCUT2D eigenvalue weighted by molar-refractivity contribution is 6.00. The molecule has 2 atom stereocenters. The van der Waals surface area contributed by atoms with Gasteiger partial charge in [0.2, 0.25) is 0 Å². The number of hydrogen-bond donors (Lipinski definition) is 1. The molecule has 0 aromatic heterocycles. The Morgan fingerprint density at radius 3 is 2.50 bits per heavy atom. The number of anilines is 1. The van der Waals surface area contributed by atoms with Crippen LogP contribution in [-0.2, 0) is 30.3 Å². The van der Waals surface area contributed by atoms with Crippen molar-refractivity contribution in [2.75, 3.05) is 18.1 Å². The number of benzene rings is 2. The Morgan fingerprint density at radius 2 is 1.78 bits per heavy atom. The first-order chi connectivity index (χ1) is 15.3. The number of hydrogen-bond acceptors (Lipinski definition) is 6. The van der Waals surface area contributed by atoms with E-state index in [9.17, 15) is 19.2 Å². The summed E-state index contributed by atoms with van der Waals surface area (Å²) in [6.45, 7) is 2.66. The fourth-order valence-corrected chi connectivity index (χ4v) is 3.39. The summed E-state index contributed by atoms with van der Waals surface area (Å²) in [7, 11) is 0. The third-order valence-corrected chi connectivity index (χ3v) is 5.09. The van der Waals surface area contributed by atoms with E-state index in [-0.39, 0.29) is 24.7 Å². The lowest BCUT2D eigenvalue weighted by molar-refractivity contribution is -0.148. The molecular formula is C24H26N2O6. The molecular weight excluding hydrogens is 412 g/mol. The Kier molecular flexibility index (Phi) is 7.59. The van der Waals surface area contributed by atoms with Gasteiger partial charge in [0.15, 0.2) is 18.5 Å². The Bertz CT molecular complexity index is 991. The number of Topliss-reactive ketones (excluding diaryl/α,β-unsaturated/α-hetero) is 1. The summed E-state index contributed by atoms with van der Waals surface area (Å²) in [6.07, 6.45) is -0.382. The number of nitrogens with one attached hydrogen (secondary N) is 1. The van der Waals surface area contributed by atoms with Crippen LogP contribution < -0.4 is 15.0 Å². The Morgan fingerprint density at radius 1 is 1.09 bits per heavy atom. The fraction of sp³-hybridized carbons (Fsp3) is 0.333. The lowest BCUT2D eigenvalue weighted by atomic mass is 10.0. The zero-order valence-electron chi connectivity index (χ0n) is 18.1. The molecule has 1 heterocycles. The number of carbonyl (C=O) groups excluding carboxylic acids is 4. The van der Waals surface area contributed by atoms with Gasteiger partial charge >= 0.3 is 5.97 Å². The number of amides is 2. The van der Waals surface area contributed by atoms with Crippen LogP contribution in [0.2, 0.25) is 0 Å². The standard InChI is InChI=1S/C24H26N2O6/c1-16(27)19(14-18-8-4-3-5-9-18)25-22(28)15-31-23(29)12-13-26-20-10-6-7-11-21(20)32-17(2)24(26)30/h3-11,17,19H,12-15H2,1-2H3,(H,25,28). The molecule has 0 spiro atoms. The second-order valence-electron chi connectivity index (χ2n) is 7.55. The number of ether oxygens (including phenoxy) is 2. The van der Waals surface area contributed by atoms with E-state index in [2.05, 4.69) is 5.32 Å². The van der Waals surface area contributed by atoms with E-state index in [1.54, 1.807) is 31.2 Å². The summed E-state index contributed by atoms with van der Waals surface area (Å²) >= 11 is 0. The van der Waals surface area contributed by atoms with E-state index < -0.39 is 30.6 Å². The van der Waals surface area contributed by atoms with Crippen molar-refractivity contribution in [1.29, 1.82) is 0 Å². The maximum atomic E-state index is 12.5. The van der Waals surface area contributed by atoms with Gasteiger partial charge in [0, 0.05) is 6.54 Å². The van der Waals surface area contributed by atoms with Gasteiger partial charge in [-0.15, -0.1) is 0 Å². The quantitative estimate of drug-likeness (QED) is 0.602. The summed E-state index contributed by atoms with van der Waals surface area (Å²) in [5.74, 6) is -1.05. The second kappa shape index (κ2) is 10.6. The number of carbonyl (C=O) groups is 4. The van der Waals surface area contributed by atoms with Crippen molar-refractivity contribution in [3.05, 3.63) is 60.2 Å². The average Bonchev–Trinajstić information content (AvgIpc) is 2.78. The molecule has 3 rings (SSSR count). The van der Waals surface area contributed by atoms with Crippen molar-refractivity contribution < 1.29 is 28.7 Å². The zero-order valence-corrected chi connectivity index (χ0v) is 18.1. The second-order valence-corrected chi connectivity index (χ2v) is 7.55. The van der Waals surface area contributed by atoms with Crippen molar-refractivity contribution in [3.63, 3.8) is 0 Å². The van der Waals surface area contributed by atoms with E-state index in [0.29, 0.717) is 17.9 Å². The average molecular weight is 438 g/mol. The van der Waals surface area contributed by atoms with Gasteiger partial charge in [0.25, 0.3) is 11.8 Å². The molecule has 0 bridgehead atoms. The first-order valence-electron chi connectivity index (χ1n) is 10.4. The molecule has 1 aliphatic heterocycles. The Labute approximate surface area is 186 Å². The molecule has 0 fully saturated rings. The van der Waals surface area contributed by atoms with E-state index in [4.69, 9.17) is 9.47 Å². The van der Waals surface area contributed by atoms with Crippen LogP contribution in [0.3, 0.4) is 0 Å². The van der Waals surface area contributed by atoms with Crippen LogP contribution in [0.5, 0.6) is 5.75 Å². The van der Waals surface area contributed by atoms with Crippen LogP contribution in [0.15, 0.2) is 54.6 Å². The number of ketones is 1. The largest absolute Gasteiger partial charge is 0.479 e. The SMILES string of the molecule is CC(=O)C(Cc1ccccc1)NC(=O)COC(=O)CCN1C(=O)C(C)Oc2ccccc21. The van der Waals surface area contributed by atoms with Crippen molar-refractivity contribution in [3.8, 4) is 5.75 Å². The number of nitrogens with zero attached hydrogens (tertiary/aromatic N) is 1. The number of fused-ring (bicyclic) bond motifs is 1. The Balaban J connectivity index is 1.48. The minimum absolute atomic E-state index is 0.0831. The molecule has 0 aliphatic carbocycles. The summed E-state index contributed by atoms with van der Waals surface area (Å²) in [5.41, 5.74) is 1.50. The first kappa shape index (κ1) is 23.0. The molecule has 2 amide bonds. The van der Waals surface area contributed by atoms with Crippen LogP contribution in [0.1, 0.15) is 25.8 Å². The molecule has 2 unspecified atom stereocenters. The zero-order chi connectivity index (χ0) is 23.1. The van der Waals surface area contributed by atoms with Crippen molar-refractivity contribution in [2.24, 2.45) is 0 Å². The van der Waals surface area contributed by atoms with E-state index in [1.165, 1.54) is 11.8 Å². The van der Waals surface area contributed by atoms with E-state index in [0.717, 1.165) is 5.56 Å². The first-order valence-corrected chi connectivity index (χ1v) is 10.4. The molecule has 0 saturated carbocycles. The molecule has 1 N–H and O–H groups in total. The van der Waals surface area contributed by atoms with Crippen LogP contribution in [0, 0.1) is 0 Å². The molecule has 8 nitrogen and oxygen atoms in total. The van der Waals surface area contributed by atoms with Gasteiger partial charge in [-0.05, 0) is 38.0 Å². The minimum Gasteiger partial charge on any atom is -0.479 e. The molecule has 0 saturated heterocycles. The highest BCUT2D eigenvalue weighted by Crippen LogP contribution is 2.33. The molecule has 2 aromatic carbocycles. The lowest BCUT2D eigenvalue weighted by Crippen LogP contribution is -2.45. The van der Waals surface area contributed by atoms with Crippen LogP contribution in [0.4, 0.5) is 5.69 Å². The predicted octanol–water partition coefficient (Wildman–Crippen LogP) is 2.05. The van der Waals surface area contributed by atoms with E-state index in [1.807, 2.05) is 30.3 Å².